The number of piperazine rings is 1. The summed E-state index contributed by atoms with van der Waals surface area (Å²) in [6.45, 7) is 7.59. The van der Waals surface area contributed by atoms with Gasteiger partial charge in [-0.25, -0.2) is 4.39 Å². The Labute approximate surface area is 245 Å². The normalized spacial score (nSPS) is 18.9. The van der Waals surface area contributed by atoms with Gasteiger partial charge < -0.3 is 19.9 Å². The lowest BCUT2D eigenvalue weighted by atomic mass is 9.89. The number of amides is 1. The number of nitrogens with one attached hydrogen (secondary N) is 1. The summed E-state index contributed by atoms with van der Waals surface area (Å²) in [6.07, 6.45) is 0.856. The molecule has 3 aromatic rings. The molecule has 6 nitrogen and oxygen atoms in total. The molecule has 0 atom stereocenters. The molecule has 6 rings (SSSR count). The SMILES string of the molecule is [2H]C([2H])(c1cc(C)cc(F)c1)c1ccc2c(c1)C(NC(=O)c1ccc(N3CCN(C)CC3)cc1CC1CCOCC1)=NC2. The van der Waals surface area contributed by atoms with Crippen LogP contribution in [0.15, 0.2) is 59.6 Å². The molecule has 214 valence electrons. The Hall–Kier alpha value is -3.55. The molecule has 0 aliphatic carbocycles. The number of amidine groups is 1. The molecule has 1 N–H and O–H groups in total. The summed E-state index contributed by atoms with van der Waals surface area (Å²) in [5.41, 5.74) is 5.73. The van der Waals surface area contributed by atoms with E-state index in [1.807, 2.05) is 18.2 Å². The highest BCUT2D eigenvalue weighted by molar-refractivity contribution is 6.14. The van der Waals surface area contributed by atoms with Crippen LogP contribution in [0.1, 0.15) is 59.3 Å². The van der Waals surface area contributed by atoms with Gasteiger partial charge >= 0.3 is 0 Å². The van der Waals surface area contributed by atoms with Gasteiger partial charge in [0.15, 0.2) is 0 Å². The van der Waals surface area contributed by atoms with Crippen LogP contribution >= 0.6 is 0 Å². The van der Waals surface area contributed by atoms with E-state index in [0.29, 0.717) is 40.6 Å². The number of carbonyl (C=O) groups excluding carboxylic acids is 1. The van der Waals surface area contributed by atoms with Crippen molar-refractivity contribution < 1.29 is 16.7 Å². The van der Waals surface area contributed by atoms with Gasteiger partial charge in [0, 0.05) is 58.9 Å². The first kappa shape index (κ1) is 25.2. The van der Waals surface area contributed by atoms with Gasteiger partial charge in [-0.1, -0.05) is 18.2 Å². The second-order valence-corrected chi connectivity index (χ2v) is 11.5. The molecule has 0 radical (unpaired) electrons. The van der Waals surface area contributed by atoms with Crippen molar-refractivity contribution in [3.8, 4) is 0 Å². The van der Waals surface area contributed by atoms with E-state index >= 15 is 0 Å². The number of hydrogen-bond donors (Lipinski definition) is 1. The Bertz CT molecular complexity index is 1530. The van der Waals surface area contributed by atoms with Crippen LogP contribution in [-0.2, 0) is 24.1 Å². The largest absolute Gasteiger partial charge is 0.381 e. The number of anilines is 1. The molecule has 0 unspecified atom stereocenters. The Morgan fingerprint density at radius 2 is 1.85 bits per heavy atom. The highest BCUT2D eigenvalue weighted by Crippen LogP contribution is 2.28. The van der Waals surface area contributed by atoms with E-state index in [1.165, 1.54) is 12.1 Å². The van der Waals surface area contributed by atoms with E-state index in [2.05, 4.69) is 33.2 Å². The standard InChI is InChI=1S/C34H39FN4O2/c1-23-15-26(19-29(35)16-23)17-25-3-4-27-22-36-33(32(27)20-25)37-34(40)31-6-5-30(39-11-9-38(2)10-12-39)21-28(31)18-24-7-13-41-14-8-24/h3-6,15-16,19-21,24H,7-14,17-18,22H2,1-2H3,(H,36,37,40)/i17D2. The van der Waals surface area contributed by atoms with Crippen molar-refractivity contribution in [1.82, 2.24) is 10.2 Å². The van der Waals surface area contributed by atoms with Gasteiger partial charge in [-0.2, -0.15) is 0 Å². The molecule has 0 spiro atoms. The Morgan fingerprint density at radius 3 is 2.63 bits per heavy atom. The van der Waals surface area contributed by atoms with Gasteiger partial charge in [0.2, 0.25) is 0 Å². The summed E-state index contributed by atoms with van der Waals surface area (Å²) in [6, 6.07) is 15.8. The smallest absolute Gasteiger partial charge is 0.257 e. The number of nitrogens with zero attached hydrogens (tertiary/aromatic N) is 3. The number of hydrogen-bond acceptors (Lipinski definition) is 5. The molecule has 3 aromatic carbocycles. The molecule has 2 saturated heterocycles. The van der Waals surface area contributed by atoms with E-state index in [9.17, 15) is 9.18 Å². The van der Waals surface area contributed by atoms with Crippen LogP contribution in [0.3, 0.4) is 0 Å². The average molecular weight is 557 g/mol. The lowest BCUT2D eigenvalue weighted by Gasteiger charge is -2.34. The Morgan fingerprint density at radius 1 is 1.05 bits per heavy atom. The third-order valence-corrected chi connectivity index (χ3v) is 8.39. The van der Waals surface area contributed by atoms with Crippen LogP contribution < -0.4 is 10.2 Å². The maximum absolute atomic E-state index is 14.1. The van der Waals surface area contributed by atoms with Crippen LogP contribution in [0.5, 0.6) is 0 Å². The zero-order valence-electron chi connectivity index (χ0n) is 25.9. The van der Waals surface area contributed by atoms with Gasteiger partial charge in [-0.05, 0) is 110 Å². The van der Waals surface area contributed by atoms with Crippen molar-refractivity contribution in [3.05, 3.63) is 99.4 Å². The van der Waals surface area contributed by atoms with E-state index in [4.69, 9.17) is 7.48 Å². The van der Waals surface area contributed by atoms with E-state index in [-0.39, 0.29) is 11.5 Å². The van der Waals surface area contributed by atoms with Crippen LogP contribution in [-0.4, -0.2) is 63.1 Å². The zero-order valence-corrected chi connectivity index (χ0v) is 23.9. The van der Waals surface area contributed by atoms with Gasteiger partial charge in [-0.3, -0.25) is 9.79 Å². The van der Waals surface area contributed by atoms with Gasteiger partial charge in [0.1, 0.15) is 11.7 Å². The highest BCUT2D eigenvalue weighted by Gasteiger charge is 2.24. The maximum atomic E-state index is 14.1. The second kappa shape index (κ2) is 12.1. The summed E-state index contributed by atoms with van der Waals surface area (Å²) in [5.74, 6) is 0.217. The minimum absolute atomic E-state index is 0.215. The fourth-order valence-electron chi connectivity index (χ4n) is 6.01. The lowest BCUT2D eigenvalue weighted by Crippen LogP contribution is -2.44. The van der Waals surface area contributed by atoms with Crippen LogP contribution in [0.25, 0.3) is 0 Å². The van der Waals surface area contributed by atoms with E-state index in [0.717, 1.165) is 75.5 Å². The van der Waals surface area contributed by atoms with Gasteiger partial charge in [-0.15, -0.1) is 0 Å². The molecule has 41 heavy (non-hydrogen) atoms. The number of carbonyl (C=O) groups is 1. The molecule has 1 amide bonds. The number of fused-ring (bicyclic) bond motifs is 1. The van der Waals surface area contributed by atoms with Crippen molar-refractivity contribution in [2.24, 2.45) is 10.9 Å². The summed E-state index contributed by atoms with van der Waals surface area (Å²) < 4.78 is 37.4. The Balaban J connectivity index is 1.26. The number of rotatable bonds is 6. The van der Waals surface area contributed by atoms with Crippen molar-refractivity contribution >= 4 is 17.4 Å². The predicted octanol–water partition coefficient (Wildman–Crippen LogP) is 5.14. The number of aryl methyl sites for hydroxylation is 1. The van der Waals surface area contributed by atoms with Crippen LogP contribution in [0.2, 0.25) is 0 Å². The predicted molar refractivity (Wildman–Crippen MR) is 161 cm³/mol. The highest BCUT2D eigenvalue weighted by atomic mass is 19.1. The zero-order chi connectivity index (χ0) is 30.1. The number of halogens is 1. The second-order valence-electron chi connectivity index (χ2n) is 11.5. The minimum Gasteiger partial charge on any atom is -0.381 e. The summed E-state index contributed by atoms with van der Waals surface area (Å²) >= 11 is 0. The number of ether oxygens (including phenoxy) is 1. The van der Waals surface area contributed by atoms with Crippen molar-refractivity contribution in [3.63, 3.8) is 0 Å². The summed E-state index contributed by atoms with van der Waals surface area (Å²) in [4.78, 5) is 23.2. The molecule has 0 bridgehead atoms. The molecular formula is C34H39FN4O2. The monoisotopic (exact) mass is 556 g/mol. The molecule has 3 heterocycles. The summed E-state index contributed by atoms with van der Waals surface area (Å²) in [5, 5.41) is 3.05. The number of aliphatic imine (C=N–C) groups is 1. The molecule has 2 fully saturated rings. The molecule has 3 aliphatic rings. The topological polar surface area (TPSA) is 57.2 Å². The van der Waals surface area contributed by atoms with Crippen LogP contribution in [0, 0.1) is 18.7 Å². The first-order chi connectivity index (χ1) is 20.7. The fraction of sp³-hybridized carbons (Fsp3) is 0.412. The van der Waals surface area contributed by atoms with Gasteiger partial charge in [0.05, 0.1) is 6.54 Å². The molecule has 7 heteroatoms. The molecule has 0 saturated carbocycles. The first-order valence-corrected chi connectivity index (χ1v) is 14.6. The van der Waals surface area contributed by atoms with Gasteiger partial charge in [0.25, 0.3) is 5.91 Å². The minimum atomic E-state index is -1.92. The van der Waals surface area contributed by atoms with Crippen molar-refractivity contribution in [2.75, 3.05) is 51.3 Å². The third-order valence-electron chi connectivity index (χ3n) is 8.39. The first-order valence-electron chi connectivity index (χ1n) is 15.6. The van der Waals surface area contributed by atoms with Crippen molar-refractivity contribution in [1.29, 1.82) is 0 Å². The quantitative estimate of drug-likeness (QED) is 0.457. The number of likely N-dealkylation sites (N-methyl/N-ethyl adjacent to an activating group) is 1. The fourth-order valence-corrected chi connectivity index (χ4v) is 6.01. The Kier molecular flexibility index (Phi) is 7.45. The molecule has 0 aromatic heterocycles. The average Bonchev–Trinajstić information content (AvgIpc) is 3.39. The maximum Gasteiger partial charge on any atom is 0.257 e. The molecule has 3 aliphatic heterocycles. The third kappa shape index (κ3) is 6.52. The van der Waals surface area contributed by atoms with E-state index in [1.54, 1.807) is 25.1 Å². The van der Waals surface area contributed by atoms with Crippen LogP contribution in [0.4, 0.5) is 10.1 Å². The lowest BCUT2D eigenvalue weighted by molar-refractivity contribution is 0.0664. The summed E-state index contributed by atoms with van der Waals surface area (Å²) in [7, 11) is 2.14. The van der Waals surface area contributed by atoms with Crippen molar-refractivity contribution in [2.45, 2.75) is 39.1 Å². The van der Waals surface area contributed by atoms with E-state index < -0.39 is 12.2 Å². The molecular weight excluding hydrogens is 515 g/mol. The number of benzene rings is 3.